The predicted octanol–water partition coefficient (Wildman–Crippen LogP) is 4.58. The highest BCUT2D eigenvalue weighted by atomic mass is 16.1. The Morgan fingerprint density at radius 1 is 1.15 bits per heavy atom. The zero-order valence-corrected chi connectivity index (χ0v) is 15.0. The van der Waals surface area contributed by atoms with Gasteiger partial charge in [0.2, 0.25) is 5.91 Å². The smallest absolute Gasteiger partial charge is 0.227 e. The first-order chi connectivity index (χ1) is 12.6. The van der Waals surface area contributed by atoms with Crippen molar-refractivity contribution in [3.05, 3.63) is 42.5 Å². The van der Waals surface area contributed by atoms with Crippen LogP contribution in [-0.4, -0.2) is 15.9 Å². The summed E-state index contributed by atoms with van der Waals surface area (Å²) in [6.07, 6.45) is 4.53. The van der Waals surface area contributed by atoms with E-state index in [0.29, 0.717) is 11.6 Å². The molecule has 3 aromatic rings. The van der Waals surface area contributed by atoms with Crippen LogP contribution in [0.2, 0.25) is 0 Å². The maximum atomic E-state index is 12.5. The Balaban J connectivity index is 1.49. The molecule has 4 rings (SSSR count). The first-order valence-corrected chi connectivity index (χ1v) is 9.27. The number of nitrogens with zero attached hydrogens (tertiary/aromatic N) is 1. The summed E-state index contributed by atoms with van der Waals surface area (Å²) in [5.41, 5.74) is 10.1. The molecule has 2 aromatic carbocycles. The van der Waals surface area contributed by atoms with E-state index in [1.54, 1.807) is 0 Å². The molecule has 5 heteroatoms. The Labute approximate surface area is 153 Å². The van der Waals surface area contributed by atoms with E-state index in [2.05, 4.69) is 22.2 Å². The Morgan fingerprint density at radius 3 is 2.69 bits per heavy atom. The molecule has 2 unspecified atom stereocenters. The molecule has 26 heavy (non-hydrogen) atoms. The molecule has 1 heterocycles. The van der Waals surface area contributed by atoms with Gasteiger partial charge in [0, 0.05) is 22.9 Å². The van der Waals surface area contributed by atoms with Crippen molar-refractivity contribution in [1.82, 2.24) is 9.97 Å². The van der Waals surface area contributed by atoms with Crippen LogP contribution in [0.3, 0.4) is 0 Å². The fourth-order valence-corrected chi connectivity index (χ4v) is 3.82. The van der Waals surface area contributed by atoms with Gasteiger partial charge in [-0.25, -0.2) is 4.98 Å². The van der Waals surface area contributed by atoms with Crippen molar-refractivity contribution < 1.29 is 4.79 Å². The topological polar surface area (TPSA) is 83.8 Å². The molecule has 1 saturated carbocycles. The number of hydrogen-bond donors (Lipinski definition) is 3. The van der Waals surface area contributed by atoms with Crippen LogP contribution in [0.5, 0.6) is 0 Å². The summed E-state index contributed by atoms with van der Waals surface area (Å²) in [7, 11) is 0. The van der Waals surface area contributed by atoms with Crippen molar-refractivity contribution in [2.24, 2.45) is 11.8 Å². The lowest BCUT2D eigenvalue weighted by molar-refractivity contribution is -0.122. The van der Waals surface area contributed by atoms with Crippen molar-refractivity contribution in [1.29, 1.82) is 0 Å². The molecule has 5 nitrogen and oxygen atoms in total. The minimum atomic E-state index is 0.129. The molecule has 1 aromatic heterocycles. The molecule has 1 aliphatic rings. The molecular formula is C21H24N4O. The largest absolute Gasteiger partial charge is 0.399 e. The summed E-state index contributed by atoms with van der Waals surface area (Å²) in [6.45, 7) is 2.18. The third-order valence-electron chi connectivity index (χ3n) is 5.38. The lowest BCUT2D eigenvalue weighted by Crippen LogP contribution is -2.30. The third-order valence-corrected chi connectivity index (χ3v) is 5.38. The van der Waals surface area contributed by atoms with E-state index in [0.717, 1.165) is 47.4 Å². The van der Waals surface area contributed by atoms with Crippen molar-refractivity contribution >= 4 is 28.3 Å². The van der Waals surface area contributed by atoms with Crippen LogP contribution < -0.4 is 11.1 Å². The maximum Gasteiger partial charge on any atom is 0.227 e. The zero-order chi connectivity index (χ0) is 18.1. The number of aromatic amines is 1. The summed E-state index contributed by atoms with van der Waals surface area (Å²) in [4.78, 5) is 20.4. The van der Waals surface area contributed by atoms with Gasteiger partial charge in [-0.2, -0.15) is 0 Å². The monoisotopic (exact) mass is 348 g/mol. The molecule has 1 fully saturated rings. The minimum Gasteiger partial charge on any atom is -0.399 e. The van der Waals surface area contributed by atoms with Crippen molar-refractivity contribution in [2.75, 3.05) is 11.1 Å². The minimum absolute atomic E-state index is 0.129. The van der Waals surface area contributed by atoms with Gasteiger partial charge in [0.15, 0.2) is 0 Å². The van der Waals surface area contributed by atoms with Gasteiger partial charge >= 0.3 is 0 Å². The molecule has 0 saturated heterocycles. The van der Waals surface area contributed by atoms with Crippen LogP contribution in [0.15, 0.2) is 42.5 Å². The number of rotatable bonds is 3. The fourth-order valence-electron chi connectivity index (χ4n) is 3.82. The van der Waals surface area contributed by atoms with Gasteiger partial charge in [-0.3, -0.25) is 4.79 Å². The Hall–Kier alpha value is -2.82. The lowest BCUT2D eigenvalue weighted by atomic mass is 9.80. The summed E-state index contributed by atoms with van der Waals surface area (Å²) >= 11 is 0. The van der Waals surface area contributed by atoms with E-state index in [4.69, 9.17) is 5.73 Å². The maximum absolute atomic E-state index is 12.5. The number of benzene rings is 2. The lowest BCUT2D eigenvalue weighted by Gasteiger charge is -2.27. The van der Waals surface area contributed by atoms with E-state index in [9.17, 15) is 4.79 Å². The molecule has 1 amide bonds. The SMILES string of the molecule is CC1CCCCC1C(=O)Nc1ccc(-c2nc3ccc(N)cc3[nH]2)cc1. The first-order valence-electron chi connectivity index (χ1n) is 9.27. The second-order valence-corrected chi connectivity index (χ2v) is 7.30. The van der Waals surface area contributed by atoms with Gasteiger partial charge in [-0.15, -0.1) is 0 Å². The van der Waals surface area contributed by atoms with Crippen molar-refractivity contribution in [3.63, 3.8) is 0 Å². The van der Waals surface area contributed by atoms with Crippen LogP contribution >= 0.6 is 0 Å². The quantitative estimate of drug-likeness (QED) is 0.606. The molecular weight excluding hydrogens is 324 g/mol. The van der Waals surface area contributed by atoms with Crippen LogP contribution in [0.4, 0.5) is 11.4 Å². The van der Waals surface area contributed by atoms with Gasteiger partial charge in [-0.05, 0) is 61.2 Å². The molecule has 134 valence electrons. The number of H-pyrrole nitrogens is 1. The van der Waals surface area contributed by atoms with Gasteiger partial charge in [0.25, 0.3) is 0 Å². The highest BCUT2D eigenvalue weighted by Crippen LogP contribution is 2.31. The normalized spacial score (nSPS) is 20.2. The van der Waals surface area contributed by atoms with Gasteiger partial charge in [0.05, 0.1) is 11.0 Å². The van der Waals surface area contributed by atoms with E-state index in [1.807, 2.05) is 42.5 Å². The van der Waals surface area contributed by atoms with Gasteiger partial charge in [-0.1, -0.05) is 19.8 Å². The number of nitrogens with two attached hydrogens (primary N) is 1. The molecule has 0 spiro atoms. The summed E-state index contributed by atoms with van der Waals surface area (Å²) in [5.74, 6) is 1.53. The Morgan fingerprint density at radius 2 is 1.92 bits per heavy atom. The highest BCUT2D eigenvalue weighted by molar-refractivity contribution is 5.93. The summed E-state index contributed by atoms with van der Waals surface area (Å²) in [6, 6.07) is 13.4. The second kappa shape index (κ2) is 6.83. The van der Waals surface area contributed by atoms with Crippen LogP contribution in [-0.2, 0) is 4.79 Å². The van der Waals surface area contributed by atoms with E-state index in [1.165, 1.54) is 6.42 Å². The number of fused-ring (bicyclic) bond motifs is 1. The zero-order valence-electron chi connectivity index (χ0n) is 15.0. The third kappa shape index (κ3) is 3.29. The van der Waals surface area contributed by atoms with Crippen LogP contribution in [0.1, 0.15) is 32.6 Å². The number of nitrogens with one attached hydrogen (secondary N) is 2. The molecule has 0 bridgehead atoms. The average molecular weight is 348 g/mol. The second-order valence-electron chi connectivity index (χ2n) is 7.30. The average Bonchev–Trinajstić information content (AvgIpc) is 3.05. The number of imidazole rings is 1. The van der Waals surface area contributed by atoms with Gasteiger partial charge < -0.3 is 16.0 Å². The number of hydrogen-bond acceptors (Lipinski definition) is 3. The predicted molar refractivity (Wildman–Crippen MR) is 106 cm³/mol. The molecule has 2 atom stereocenters. The van der Waals surface area contributed by atoms with E-state index in [-0.39, 0.29) is 11.8 Å². The molecule has 0 aliphatic heterocycles. The van der Waals surface area contributed by atoms with E-state index >= 15 is 0 Å². The number of amides is 1. The Bertz CT molecular complexity index is 929. The molecule has 4 N–H and O–H groups in total. The van der Waals surface area contributed by atoms with Gasteiger partial charge in [0.1, 0.15) is 5.82 Å². The summed E-state index contributed by atoms with van der Waals surface area (Å²) in [5, 5.41) is 3.07. The number of carbonyl (C=O) groups excluding carboxylic acids is 1. The highest BCUT2D eigenvalue weighted by Gasteiger charge is 2.27. The summed E-state index contributed by atoms with van der Waals surface area (Å²) < 4.78 is 0. The number of aromatic nitrogens is 2. The first kappa shape index (κ1) is 16.6. The number of anilines is 2. The van der Waals surface area contributed by atoms with Crippen LogP contribution in [0.25, 0.3) is 22.4 Å². The van der Waals surface area contributed by atoms with Crippen molar-refractivity contribution in [2.45, 2.75) is 32.6 Å². The Kier molecular flexibility index (Phi) is 4.37. The van der Waals surface area contributed by atoms with Crippen LogP contribution in [0, 0.1) is 11.8 Å². The molecule has 1 aliphatic carbocycles. The number of nitrogen functional groups attached to an aromatic ring is 1. The number of carbonyl (C=O) groups is 1. The van der Waals surface area contributed by atoms with E-state index < -0.39 is 0 Å². The standard InChI is InChI=1S/C21H24N4O/c1-13-4-2-3-5-17(13)21(26)23-16-9-6-14(7-10-16)20-24-18-11-8-15(22)12-19(18)25-20/h6-13,17H,2-5,22H2,1H3,(H,23,26)(H,24,25). The fraction of sp³-hybridized carbons (Fsp3) is 0.333. The van der Waals surface area contributed by atoms with Crippen molar-refractivity contribution in [3.8, 4) is 11.4 Å². The molecule has 0 radical (unpaired) electrons.